The Bertz CT molecular complexity index is 1060. The lowest BCUT2D eigenvalue weighted by Crippen LogP contribution is -2.34. The van der Waals surface area contributed by atoms with E-state index in [2.05, 4.69) is 18.7 Å². The molecule has 0 aromatic heterocycles. The zero-order chi connectivity index (χ0) is 20.8. The zero-order valence-electron chi connectivity index (χ0n) is 16.9. The fourth-order valence-electron chi connectivity index (χ4n) is 4.09. The van der Waals surface area contributed by atoms with Gasteiger partial charge in [0.15, 0.2) is 12.6 Å². The van der Waals surface area contributed by atoms with E-state index in [1.165, 1.54) is 0 Å². The van der Waals surface area contributed by atoms with Crippen LogP contribution in [0.4, 0.5) is 0 Å². The van der Waals surface area contributed by atoms with Crippen LogP contribution in [-0.2, 0) is 17.9 Å². The van der Waals surface area contributed by atoms with Gasteiger partial charge in [-0.25, -0.2) is 0 Å². The van der Waals surface area contributed by atoms with Crippen LogP contribution in [0.3, 0.4) is 0 Å². The Morgan fingerprint density at radius 2 is 2.07 bits per heavy atom. The molecule has 5 rings (SSSR count). The molecule has 0 atom stereocenters. The number of carbonyl (C=O) groups is 1. The third-order valence-electron chi connectivity index (χ3n) is 5.30. The quantitative estimate of drug-likeness (QED) is 0.665. The van der Waals surface area contributed by atoms with Crippen LogP contribution in [0.25, 0.3) is 6.08 Å². The molecule has 0 amide bonds. The van der Waals surface area contributed by atoms with Crippen LogP contribution in [0, 0.1) is 5.92 Å². The van der Waals surface area contributed by atoms with Gasteiger partial charge in [0.05, 0.1) is 17.7 Å². The molecule has 0 saturated carbocycles. The number of hydrogen-bond donors (Lipinski definition) is 0. The van der Waals surface area contributed by atoms with Gasteiger partial charge in [0.25, 0.3) is 0 Å². The van der Waals surface area contributed by atoms with E-state index >= 15 is 0 Å². The Kier molecular flexibility index (Phi) is 4.93. The van der Waals surface area contributed by atoms with E-state index in [1.807, 2.05) is 6.07 Å². The van der Waals surface area contributed by atoms with E-state index in [0.717, 1.165) is 23.4 Å². The molecule has 0 spiro atoms. The van der Waals surface area contributed by atoms with Gasteiger partial charge in [0, 0.05) is 29.2 Å². The average Bonchev–Trinajstić information content (AvgIpc) is 3.03. The van der Waals surface area contributed by atoms with Crippen molar-refractivity contribution in [2.24, 2.45) is 5.92 Å². The highest BCUT2D eigenvalue weighted by Crippen LogP contribution is 2.43. The summed E-state index contributed by atoms with van der Waals surface area (Å²) in [6.45, 7) is 7.05. The smallest absolute Gasteiger partial charge is 0.231 e. The second-order valence-corrected chi connectivity index (χ2v) is 8.57. The van der Waals surface area contributed by atoms with Crippen LogP contribution in [0.1, 0.15) is 40.9 Å². The number of nitrogens with zero attached hydrogens (tertiary/aromatic N) is 1. The fraction of sp³-hybridized carbons (Fsp3) is 0.348. The predicted octanol–water partition coefficient (Wildman–Crippen LogP) is 4.63. The number of allylic oxidation sites excluding steroid dienone is 1. The minimum atomic E-state index is -0.158. The van der Waals surface area contributed by atoms with Crippen LogP contribution in [0.15, 0.2) is 30.0 Å². The highest BCUT2D eigenvalue weighted by molar-refractivity contribution is 6.31. The summed E-state index contributed by atoms with van der Waals surface area (Å²) in [5.41, 5.74) is 3.01. The van der Waals surface area contributed by atoms with Crippen molar-refractivity contribution in [3.63, 3.8) is 0 Å². The van der Waals surface area contributed by atoms with Crippen molar-refractivity contribution in [3.05, 3.63) is 57.3 Å². The Labute approximate surface area is 179 Å². The van der Waals surface area contributed by atoms with E-state index in [0.29, 0.717) is 53.4 Å². The molecule has 0 N–H and O–H groups in total. The summed E-state index contributed by atoms with van der Waals surface area (Å²) in [6.07, 6.45) is 1.69. The van der Waals surface area contributed by atoms with Crippen molar-refractivity contribution < 1.29 is 23.7 Å². The molecule has 2 aromatic rings. The Hall–Kier alpha value is -2.54. The van der Waals surface area contributed by atoms with Crippen LogP contribution in [0.5, 0.6) is 17.2 Å². The fourth-order valence-corrected chi connectivity index (χ4v) is 4.34. The van der Waals surface area contributed by atoms with Gasteiger partial charge in [-0.1, -0.05) is 25.4 Å². The molecule has 30 heavy (non-hydrogen) atoms. The number of halogens is 1. The van der Waals surface area contributed by atoms with Crippen molar-refractivity contribution in [1.82, 2.24) is 4.90 Å². The average molecular weight is 428 g/mol. The molecular weight excluding hydrogens is 406 g/mol. The molecule has 0 aliphatic carbocycles. The molecule has 0 bridgehead atoms. The van der Waals surface area contributed by atoms with Crippen molar-refractivity contribution >= 4 is 23.5 Å². The molecule has 7 heteroatoms. The monoisotopic (exact) mass is 427 g/mol. The number of ketones is 1. The van der Waals surface area contributed by atoms with Gasteiger partial charge in [0.2, 0.25) is 5.78 Å². The van der Waals surface area contributed by atoms with E-state index < -0.39 is 0 Å². The number of Topliss-reactive ketones (excluding diaryl/α,β-unsaturated/α-hetero) is 1. The molecular formula is C23H22ClNO5. The van der Waals surface area contributed by atoms with Crippen molar-refractivity contribution in [3.8, 4) is 17.2 Å². The van der Waals surface area contributed by atoms with Gasteiger partial charge in [-0.3, -0.25) is 9.69 Å². The molecule has 0 fully saturated rings. The number of fused-ring (bicyclic) bond motifs is 4. The van der Waals surface area contributed by atoms with Crippen LogP contribution in [0.2, 0.25) is 5.02 Å². The van der Waals surface area contributed by atoms with Crippen LogP contribution >= 0.6 is 11.6 Å². The normalized spacial score (nSPS) is 19.1. The van der Waals surface area contributed by atoms with Crippen molar-refractivity contribution in [1.29, 1.82) is 0 Å². The molecule has 2 aromatic carbocycles. The summed E-state index contributed by atoms with van der Waals surface area (Å²) < 4.78 is 23.0. The maximum absolute atomic E-state index is 13.1. The lowest BCUT2D eigenvalue weighted by Gasteiger charge is -2.30. The number of ether oxygens (including phenoxy) is 4. The maximum atomic E-state index is 13.1. The molecule has 0 unspecified atom stereocenters. The van der Waals surface area contributed by atoms with Gasteiger partial charge in [0.1, 0.15) is 24.0 Å². The highest BCUT2D eigenvalue weighted by Gasteiger charge is 2.34. The van der Waals surface area contributed by atoms with E-state index in [1.54, 1.807) is 24.3 Å². The van der Waals surface area contributed by atoms with Crippen molar-refractivity contribution in [2.75, 3.05) is 20.1 Å². The number of carbonyl (C=O) groups excluding carboxylic acids is 1. The molecule has 6 nitrogen and oxygen atoms in total. The summed E-state index contributed by atoms with van der Waals surface area (Å²) in [7, 11) is 0. The van der Waals surface area contributed by atoms with Crippen molar-refractivity contribution in [2.45, 2.75) is 27.0 Å². The molecule has 3 heterocycles. The molecule has 0 radical (unpaired) electrons. The largest absolute Gasteiger partial charge is 0.478 e. The van der Waals surface area contributed by atoms with Gasteiger partial charge in [-0.05, 0) is 36.3 Å². The van der Waals surface area contributed by atoms with Crippen LogP contribution < -0.4 is 14.2 Å². The van der Waals surface area contributed by atoms with Gasteiger partial charge in [-0.2, -0.15) is 0 Å². The highest BCUT2D eigenvalue weighted by atomic mass is 35.5. The summed E-state index contributed by atoms with van der Waals surface area (Å²) in [5, 5.41) is 0.549. The summed E-state index contributed by atoms with van der Waals surface area (Å²) in [5.74, 6) is 2.62. The van der Waals surface area contributed by atoms with Gasteiger partial charge < -0.3 is 18.9 Å². The first-order valence-corrected chi connectivity index (χ1v) is 10.4. The molecule has 0 saturated heterocycles. The minimum absolute atomic E-state index is 0.158. The first kappa shape index (κ1) is 19.4. The Morgan fingerprint density at radius 3 is 2.90 bits per heavy atom. The minimum Gasteiger partial charge on any atom is -0.478 e. The molecule has 3 aliphatic heterocycles. The molecule has 156 valence electrons. The zero-order valence-corrected chi connectivity index (χ0v) is 17.6. The second-order valence-electron chi connectivity index (χ2n) is 8.13. The number of hydrogen-bond acceptors (Lipinski definition) is 6. The standard InChI is InChI=1S/C23H22ClNO5/c1-13(2)8-25-9-18-19(28-11-25)4-3-17-21(26)20(30-23(17)18)7-14-5-16(24)6-15-10-27-12-29-22(14)15/h3-7,13H,8-12H2,1-2H3/b20-7-. The third kappa shape index (κ3) is 3.45. The first-order valence-electron chi connectivity index (χ1n) is 9.98. The summed E-state index contributed by atoms with van der Waals surface area (Å²) in [4.78, 5) is 15.3. The van der Waals surface area contributed by atoms with Gasteiger partial charge >= 0.3 is 0 Å². The lowest BCUT2D eigenvalue weighted by molar-refractivity contribution is -0.0165. The second kappa shape index (κ2) is 7.61. The first-order chi connectivity index (χ1) is 14.5. The van der Waals surface area contributed by atoms with E-state index in [9.17, 15) is 4.79 Å². The van der Waals surface area contributed by atoms with E-state index in [-0.39, 0.29) is 18.3 Å². The summed E-state index contributed by atoms with van der Waals surface area (Å²) in [6, 6.07) is 7.20. The topological polar surface area (TPSA) is 57.2 Å². The van der Waals surface area contributed by atoms with E-state index in [4.69, 9.17) is 30.5 Å². The Balaban J connectivity index is 1.50. The molecule has 3 aliphatic rings. The Morgan fingerprint density at radius 1 is 1.20 bits per heavy atom. The SMILES string of the molecule is CC(C)CN1COc2ccc3c(c2C1)O/C(=C\c1cc(Cl)cc2c1OCOC2)C3=O. The number of benzene rings is 2. The predicted molar refractivity (Wildman–Crippen MR) is 112 cm³/mol. The maximum Gasteiger partial charge on any atom is 0.231 e. The van der Waals surface area contributed by atoms with Crippen LogP contribution in [-0.4, -0.2) is 30.8 Å². The van der Waals surface area contributed by atoms with Gasteiger partial charge in [-0.15, -0.1) is 0 Å². The lowest BCUT2D eigenvalue weighted by atomic mass is 10.0. The summed E-state index contributed by atoms with van der Waals surface area (Å²) >= 11 is 6.26. The number of rotatable bonds is 3. The third-order valence-corrected chi connectivity index (χ3v) is 5.51.